The summed E-state index contributed by atoms with van der Waals surface area (Å²) in [7, 11) is 3.63. The Hall–Kier alpha value is -2.16. The Morgan fingerprint density at radius 3 is 2.54 bits per heavy atom. The second kappa shape index (κ2) is 4.92. The van der Waals surface area contributed by atoms with Crippen LogP contribution in [-0.4, -0.2) is 9.13 Å². The van der Waals surface area contributed by atoms with Gasteiger partial charge in [0.2, 0.25) is 0 Å². The van der Waals surface area contributed by atoms with E-state index in [2.05, 4.69) is 10.6 Å². The van der Waals surface area contributed by atoms with E-state index < -0.39 is 11.7 Å². The predicted octanol–water partition coefficient (Wildman–Crippen LogP) is 3.63. The molecular formula is C18H18F3N3. The van der Waals surface area contributed by atoms with Crippen LogP contribution in [0.2, 0.25) is 0 Å². The van der Waals surface area contributed by atoms with Gasteiger partial charge in [-0.3, -0.25) is 0 Å². The molecular weight excluding hydrogens is 315 g/mol. The van der Waals surface area contributed by atoms with Crippen molar-refractivity contribution in [3.05, 3.63) is 45.5 Å². The predicted molar refractivity (Wildman–Crippen MR) is 82.7 cm³/mol. The minimum Gasteiger partial charge on any atom is -0.354 e. The number of fused-ring (bicyclic) bond motifs is 2. The van der Waals surface area contributed by atoms with E-state index in [9.17, 15) is 18.4 Å². The zero-order valence-electron chi connectivity index (χ0n) is 13.7. The van der Waals surface area contributed by atoms with Crippen molar-refractivity contribution in [2.75, 3.05) is 0 Å². The normalized spacial score (nSPS) is 19.4. The maximum Gasteiger partial charge on any atom is 0.418 e. The molecule has 2 aliphatic carbocycles. The van der Waals surface area contributed by atoms with Crippen LogP contribution in [-0.2, 0) is 46.0 Å². The van der Waals surface area contributed by atoms with Crippen molar-refractivity contribution in [3.63, 3.8) is 0 Å². The van der Waals surface area contributed by atoms with Gasteiger partial charge in [0.05, 0.1) is 11.1 Å². The molecule has 0 saturated heterocycles. The van der Waals surface area contributed by atoms with Crippen LogP contribution < -0.4 is 0 Å². The topological polar surface area (TPSA) is 33.6 Å². The fourth-order valence-electron chi connectivity index (χ4n) is 4.64. The number of hydrogen-bond acceptors (Lipinski definition) is 1. The molecule has 6 heteroatoms. The number of rotatable bonds is 1. The fraction of sp³-hybridized carbons (Fsp3) is 0.500. The van der Waals surface area contributed by atoms with E-state index in [1.54, 1.807) is 11.6 Å². The highest BCUT2D eigenvalue weighted by Gasteiger charge is 2.41. The molecule has 2 aliphatic rings. The molecule has 0 fully saturated rings. The van der Waals surface area contributed by atoms with Crippen LogP contribution in [0.1, 0.15) is 51.7 Å². The zero-order valence-corrected chi connectivity index (χ0v) is 13.7. The van der Waals surface area contributed by atoms with Crippen LogP contribution in [0.15, 0.2) is 6.20 Å². The monoisotopic (exact) mass is 333 g/mol. The SMILES string of the molecule is Cn1cc(C(F)(F)F)c2c1CC(c1c(C#N)c3c(n1C)CCC3)C2. The Morgan fingerprint density at radius 1 is 1.12 bits per heavy atom. The first-order valence-electron chi connectivity index (χ1n) is 8.17. The van der Waals surface area contributed by atoms with Crippen LogP contribution in [0.3, 0.4) is 0 Å². The molecule has 0 bridgehead atoms. The summed E-state index contributed by atoms with van der Waals surface area (Å²) in [6, 6.07) is 2.32. The van der Waals surface area contributed by atoms with Crippen LogP contribution >= 0.6 is 0 Å². The van der Waals surface area contributed by atoms with Gasteiger partial charge in [-0.25, -0.2) is 0 Å². The first-order chi connectivity index (χ1) is 11.3. The molecule has 24 heavy (non-hydrogen) atoms. The third-order valence-electron chi connectivity index (χ3n) is 5.63. The van der Waals surface area contributed by atoms with E-state index in [1.807, 2.05) is 7.05 Å². The van der Waals surface area contributed by atoms with Crippen molar-refractivity contribution in [3.8, 4) is 6.07 Å². The van der Waals surface area contributed by atoms with Gasteiger partial charge in [0.25, 0.3) is 0 Å². The van der Waals surface area contributed by atoms with E-state index in [4.69, 9.17) is 0 Å². The molecule has 0 aromatic carbocycles. The number of nitriles is 1. The summed E-state index contributed by atoms with van der Waals surface area (Å²) in [5, 5.41) is 9.61. The third-order valence-corrected chi connectivity index (χ3v) is 5.63. The van der Waals surface area contributed by atoms with E-state index in [0.29, 0.717) is 24.0 Å². The summed E-state index contributed by atoms with van der Waals surface area (Å²) in [6.07, 6.45) is 0.694. The van der Waals surface area contributed by atoms with Gasteiger partial charge in [0, 0.05) is 43.3 Å². The molecule has 0 radical (unpaired) electrons. The Kier molecular flexibility index (Phi) is 3.15. The lowest BCUT2D eigenvalue weighted by atomic mass is 9.96. The lowest BCUT2D eigenvalue weighted by molar-refractivity contribution is -0.138. The molecule has 126 valence electrons. The lowest BCUT2D eigenvalue weighted by Gasteiger charge is -2.15. The lowest BCUT2D eigenvalue weighted by Crippen LogP contribution is -2.11. The number of aromatic nitrogens is 2. The van der Waals surface area contributed by atoms with Gasteiger partial charge in [-0.2, -0.15) is 18.4 Å². The van der Waals surface area contributed by atoms with E-state index in [0.717, 1.165) is 36.2 Å². The van der Waals surface area contributed by atoms with E-state index >= 15 is 0 Å². The van der Waals surface area contributed by atoms with Gasteiger partial charge in [-0.15, -0.1) is 0 Å². The number of halogens is 3. The summed E-state index contributed by atoms with van der Waals surface area (Å²) in [5.41, 5.74) is 4.55. The molecule has 0 N–H and O–H groups in total. The molecule has 1 atom stereocenters. The molecule has 2 heterocycles. The maximum atomic E-state index is 13.3. The van der Waals surface area contributed by atoms with E-state index in [-0.39, 0.29) is 5.92 Å². The summed E-state index contributed by atoms with van der Waals surface area (Å²) in [6.45, 7) is 0. The summed E-state index contributed by atoms with van der Waals surface area (Å²) >= 11 is 0. The quantitative estimate of drug-likeness (QED) is 0.785. The number of aryl methyl sites for hydroxylation is 1. The Balaban J connectivity index is 1.79. The third kappa shape index (κ3) is 1.97. The van der Waals surface area contributed by atoms with Gasteiger partial charge in [0.15, 0.2) is 0 Å². The number of hydrogen-bond donors (Lipinski definition) is 0. The second-order valence-corrected chi connectivity index (χ2v) is 6.89. The zero-order chi connectivity index (χ0) is 17.2. The van der Waals surface area contributed by atoms with Crippen LogP contribution in [0.4, 0.5) is 13.2 Å². The van der Waals surface area contributed by atoms with E-state index in [1.165, 1.54) is 11.9 Å². The second-order valence-electron chi connectivity index (χ2n) is 6.89. The largest absolute Gasteiger partial charge is 0.418 e. The standard InChI is InChI=1S/C18H18F3N3/c1-23-9-14(18(19,20)21)12-6-10(7-16(12)23)17-13(8-22)11-4-3-5-15(11)24(17)2/h9-10H,3-7H2,1-2H3. The van der Waals surface area contributed by atoms with Gasteiger partial charge in [0.1, 0.15) is 6.07 Å². The average Bonchev–Trinajstić information content (AvgIpc) is 3.21. The minimum absolute atomic E-state index is 0.0475. The van der Waals surface area contributed by atoms with Gasteiger partial charge < -0.3 is 9.13 Å². The fourth-order valence-corrected chi connectivity index (χ4v) is 4.64. The number of alkyl halides is 3. The highest BCUT2D eigenvalue weighted by Crippen LogP contribution is 2.44. The van der Waals surface area contributed by atoms with Crippen molar-refractivity contribution < 1.29 is 13.2 Å². The Bertz CT molecular complexity index is 877. The number of nitrogens with zero attached hydrogens (tertiary/aromatic N) is 3. The van der Waals surface area contributed by atoms with Crippen molar-refractivity contribution >= 4 is 0 Å². The molecule has 0 spiro atoms. The highest BCUT2D eigenvalue weighted by atomic mass is 19.4. The smallest absolute Gasteiger partial charge is 0.354 e. The molecule has 2 aromatic heterocycles. The molecule has 1 unspecified atom stereocenters. The van der Waals surface area contributed by atoms with Crippen molar-refractivity contribution in [1.82, 2.24) is 9.13 Å². The van der Waals surface area contributed by atoms with Crippen molar-refractivity contribution in [2.24, 2.45) is 14.1 Å². The molecule has 0 saturated carbocycles. The first-order valence-corrected chi connectivity index (χ1v) is 8.17. The van der Waals surface area contributed by atoms with Gasteiger partial charge in [-0.1, -0.05) is 0 Å². The van der Waals surface area contributed by atoms with Crippen molar-refractivity contribution in [1.29, 1.82) is 5.26 Å². The van der Waals surface area contributed by atoms with Crippen LogP contribution in [0, 0.1) is 11.3 Å². The van der Waals surface area contributed by atoms with Crippen molar-refractivity contribution in [2.45, 2.75) is 44.2 Å². The van der Waals surface area contributed by atoms with Gasteiger partial charge >= 0.3 is 6.18 Å². The van der Waals surface area contributed by atoms with Gasteiger partial charge in [-0.05, 0) is 43.2 Å². The maximum absolute atomic E-state index is 13.3. The molecule has 0 amide bonds. The molecule has 4 rings (SSSR count). The van der Waals surface area contributed by atoms with Crippen LogP contribution in [0.25, 0.3) is 0 Å². The molecule has 2 aromatic rings. The molecule has 3 nitrogen and oxygen atoms in total. The minimum atomic E-state index is -4.33. The highest BCUT2D eigenvalue weighted by molar-refractivity contribution is 5.52. The Labute approximate surface area is 138 Å². The summed E-state index contributed by atoms with van der Waals surface area (Å²) in [5.74, 6) is -0.0475. The summed E-state index contributed by atoms with van der Waals surface area (Å²) < 4.78 is 43.5. The summed E-state index contributed by atoms with van der Waals surface area (Å²) in [4.78, 5) is 0. The van der Waals surface area contributed by atoms with Crippen LogP contribution in [0.5, 0.6) is 0 Å². The molecule has 0 aliphatic heterocycles. The first kappa shape index (κ1) is 15.4. The Morgan fingerprint density at radius 2 is 1.88 bits per heavy atom. The average molecular weight is 333 g/mol.